The molecule has 1 aliphatic rings. The van der Waals surface area contributed by atoms with Gasteiger partial charge < -0.3 is 20.1 Å². The molecule has 2 N–H and O–H groups in total. The van der Waals surface area contributed by atoms with Gasteiger partial charge in [0.15, 0.2) is 0 Å². The number of nitrogens with one attached hydrogen (secondary N) is 1. The number of nitrogens with zero attached hydrogens (tertiary/aromatic N) is 2. The van der Waals surface area contributed by atoms with Crippen molar-refractivity contribution in [3.05, 3.63) is 55.8 Å². The lowest BCUT2D eigenvalue weighted by Crippen LogP contribution is -2.38. The van der Waals surface area contributed by atoms with Gasteiger partial charge in [0.2, 0.25) is 0 Å². The zero-order chi connectivity index (χ0) is 19.4. The van der Waals surface area contributed by atoms with Crippen LogP contribution in [0.25, 0.3) is 0 Å². The van der Waals surface area contributed by atoms with Gasteiger partial charge in [-0.25, -0.2) is 4.79 Å². The highest BCUT2D eigenvalue weighted by Crippen LogP contribution is 2.32. The number of morpholine rings is 1. The molecule has 1 aliphatic heterocycles. The molecule has 3 rings (SSSR count). The van der Waals surface area contributed by atoms with Crippen molar-refractivity contribution in [2.45, 2.75) is 6.54 Å². The zero-order valence-electron chi connectivity index (χ0n) is 14.2. The number of carbonyl (C=O) groups excluding carboxylic acids is 1. The molecular formula is C17H17N3O6S. The summed E-state index contributed by atoms with van der Waals surface area (Å²) in [6.45, 7) is 1.92. The van der Waals surface area contributed by atoms with Gasteiger partial charge in [-0.15, -0.1) is 11.3 Å². The molecular weight excluding hydrogens is 374 g/mol. The average molecular weight is 391 g/mol. The molecule has 1 saturated heterocycles. The fourth-order valence-electron chi connectivity index (χ4n) is 2.83. The van der Waals surface area contributed by atoms with E-state index in [0.29, 0.717) is 31.2 Å². The number of carboxylic acid groups (broad SMARTS) is 1. The topological polar surface area (TPSA) is 122 Å². The number of ether oxygens (including phenoxy) is 1. The Bertz CT molecular complexity index is 875. The molecule has 2 heterocycles. The van der Waals surface area contributed by atoms with Crippen LogP contribution in [0, 0.1) is 10.1 Å². The number of rotatable bonds is 6. The number of para-hydroxylation sites is 1. The van der Waals surface area contributed by atoms with Crippen molar-refractivity contribution in [1.82, 2.24) is 5.32 Å². The fraction of sp³-hybridized carbons (Fsp3) is 0.294. The number of carboxylic acids is 1. The van der Waals surface area contributed by atoms with Gasteiger partial charge in [-0.3, -0.25) is 14.9 Å². The SMILES string of the molecule is O=C(O)c1ccc(CNC(=O)c2cccc([N+](=O)[O-])c2N2CCOCC2)s1. The Hall–Kier alpha value is -2.98. The van der Waals surface area contributed by atoms with Crippen molar-refractivity contribution < 1.29 is 24.4 Å². The average Bonchev–Trinajstić information content (AvgIpc) is 3.15. The van der Waals surface area contributed by atoms with Gasteiger partial charge in [0, 0.05) is 24.0 Å². The summed E-state index contributed by atoms with van der Waals surface area (Å²) in [6, 6.07) is 7.50. The Labute approximate surface area is 158 Å². The number of thiophene rings is 1. The monoisotopic (exact) mass is 391 g/mol. The van der Waals surface area contributed by atoms with Gasteiger partial charge in [0.25, 0.3) is 11.6 Å². The Morgan fingerprint density at radius 3 is 2.63 bits per heavy atom. The summed E-state index contributed by atoms with van der Waals surface area (Å²) in [4.78, 5) is 37.2. The van der Waals surface area contributed by atoms with Crippen LogP contribution >= 0.6 is 11.3 Å². The first-order chi connectivity index (χ1) is 13.0. The third-order valence-corrected chi connectivity index (χ3v) is 5.15. The molecule has 2 aromatic rings. The number of anilines is 1. The summed E-state index contributed by atoms with van der Waals surface area (Å²) in [5.41, 5.74) is 0.357. The van der Waals surface area contributed by atoms with Crippen molar-refractivity contribution >= 4 is 34.6 Å². The summed E-state index contributed by atoms with van der Waals surface area (Å²) >= 11 is 1.07. The second-order valence-corrected chi connectivity index (χ2v) is 6.95. The Kier molecular flexibility index (Phi) is 5.67. The summed E-state index contributed by atoms with van der Waals surface area (Å²) in [7, 11) is 0. The Morgan fingerprint density at radius 1 is 1.26 bits per heavy atom. The number of nitro groups is 1. The molecule has 0 atom stereocenters. The molecule has 1 fully saturated rings. The first kappa shape index (κ1) is 18.8. The Morgan fingerprint density at radius 2 is 2.00 bits per heavy atom. The van der Waals surface area contributed by atoms with E-state index in [1.54, 1.807) is 17.0 Å². The molecule has 0 spiro atoms. The van der Waals surface area contributed by atoms with Gasteiger partial charge in [0.1, 0.15) is 10.6 Å². The van der Waals surface area contributed by atoms with E-state index in [9.17, 15) is 19.7 Å². The van der Waals surface area contributed by atoms with E-state index in [-0.39, 0.29) is 28.4 Å². The van der Waals surface area contributed by atoms with E-state index in [1.165, 1.54) is 18.2 Å². The molecule has 10 heteroatoms. The van der Waals surface area contributed by atoms with E-state index in [4.69, 9.17) is 9.84 Å². The fourth-order valence-corrected chi connectivity index (χ4v) is 3.62. The van der Waals surface area contributed by atoms with E-state index in [1.807, 2.05) is 0 Å². The first-order valence-corrected chi connectivity index (χ1v) is 8.99. The minimum absolute atomic E-state index is 0.131. The molecule has 142 valence electrons. The number of nitro benzene ring substituents is 1. The minimum atomic E-state index is -1.02. The van der Waals surface area contributed by atoms with Crippen molar-refractivity contribution in [3.63, 3.8) is 0 Å². The van der Waals surface area contributed by atoms with Crippen LogP contribution in [0.4, 0.5) is 11.4 Å². The van der Waals surface area contributed by atoms with Crippen LogP contribution in [0.5, 0.6) is 0 Å². The molecule has 1 aromatic carbocycles. The predicted molar refractivity (Wildman–Crippen MR) is 98.6 cm³/mol. The van der Waals surface area contributed by atoms with Crippen LogP contribution in [0.3, 0.4) is 0 Å². The second-order valence-electron chi connectivity index (χ2n) is 5.78. The van der Waals surface area contributed by atoms with Gasteiger partial charge in [-0.2, -0.15) is 0 Å². The highest BCUT2D eigenvalue weighted by atomic mass is 32.1. The molecule has 1 amide bonds. The summed E-state index contributed by atoms with van der Waals surface area (Å²) in [5, 5.41) is 23.1. The van der Waals surface area contributed by atoms with Gasteiger partial charge >= 0.3 is 5.97 Å². The maximum atomic E-state index is 12.7. The smallest absolute Gasteiger partial charge is 0.345 e. The highest BCUT2D eigenvalue weighted by Gasteiger charge is 2.27. The van der Waals surface area contributed by atoms with Crippen LogP contribution < -0.4 is 10.2 Å². The Balaban J connectivity index is 1.83. The van der Waals surface area contributed by atoms with E-state index < -0.39 is 16.8 Å². The molecule has 9 nitrogen and oxygen atoms in total. The third kappa shape index (κ3) is 4.23. The van der Waals surface area contributed by atoms with Gasteiger partial charge in [0.05, 0.1) is 30.2 Å². The summed E-state index contributed by atoms with van der Waals surface area (Å²) in [6.07, 6.45) is 0. The number of aromatic carboxylic acids is 1. The molecule has 0 bridgehead atoms. The number of amides is 1. The van der Waals surface area contributed by atoms with Crippen molar-refractivity contribution in [2.75, 3.05) is 31.2 Å². The lowest BCUT2D eigenvalue weighted by Gasteiger charge is -2.29. The van der Waals surface area contributed by atoms with Crippen molar-refractivity contribution in [3.8, 4) is 0 Å². The second kappa shape index (κ2) is 8.14. The van der Waals surface area contributed by atoms with Crippen LogP contribution in [0.2, 0.25) is 0 Å². The molecule has 0 aliphatic carbocycles. The van der Waals surface area contributed by atoms with Crippen LogP contribution in [0.1, 0.15) is 24.9 Å². The maximum absolute atomic E-state index is 12.7. The van der Waals surface area contributed by atoms with Crippen LogP contribution in [-0.4, -0.2) is 48.2 Å². The number of benzene rings is 1. The quantitative estimate of drug-likeness (QED) is 0.571. The first-order valence-electron chi connectivity index (χ1n) is 8.17. The summed E-state index contributed by atoms with van der Waals surface area (Å²) in [5.74, 6) is -1.48. The van der Waals surface area contributed by atoms with Gasteiger partial charge in [-0.1, -0.05) is 6.07 Å². The number of hydrogen-bond donors (Lipinski definition) is 2. The van der Waals surface area contributed by atoms with Crippen LogP contribution in [-0.2, 0) is 11.3 Å². The summed E-state index contributed by atoms with van der Waals surface area (Å²) < 4.78 is 5.29. The number of carbonyl (C=O) groups is 2. The lowest BCUT2D eigenvalue weighted by molar-refractivity contribution is -0.384. The minimum Gasteiger partial charge on any atom is -0.477 e. The molecule has 0 radical (unpaired) electrons. The molecule has 0 saturated carbocycles. The van der Waals surface area contributed by atoms with E-state index in [0.717, 1.165) is 11.3 Å². The molecule has 1 aromatic heterocycles. The van der Waals surface area contributed by atoms with Crippen molar-refractivity contribution in [1.29, 1.82) is 0 Å². The van der Waals surface area contributed by atoms with Gasteiger partial charge in [-0.05, 0) is 18.2 Å². The van der Waals surface area contributed by atoms with E-state index >= 15 is 0 Å². The standard InChI is InChI=1S/C17H17N3O6S/c21-16(18-10-11-4-5-14(27-11)17(22)23)12-2-1-3-13(20(24)25)15(12)19-6-8-26-9-7-19/h1-5H,6-10H2,(H,18,21)(H,22,23). The zero-order valence-corrected chi connectivity index (χ0v) is 15.0. The van der Waals surface area contributed by atoms with Crippen molar-refractivity contribution in [2.24, 2.45) is 0 Å². The lowest BCUT2D eigenvalue weighted by atomic mass is 10.1. The molecule has 27 heavy (non-hydrogen) atoms. The molecule has 0 unspecified atom stereocenters. The third-order valence-electron chi connectivity index (χ3n) is 4.08. The predicted octanol–water partition coefficient (Wildman–Crippen LogP) is 2.12. The largest absolute Gasteiger partial charge is 0.477 e. The van der Waals surface area contributed by atoms with Crippen LogP contribution in [0.15, 0.2) is 30.3 Å². The highest BCUT2D eigenvalue weighted by molar-refractivity contribution is 7.13. The number of hydrogen-bond acceptors (Lipinski definition) is 7. The van der Waals surface area contributed by atoms with E-state index in [2.05, 4.69) is 5.32 Å². The maximum Gasteiger partial charge on any atom is 0.345 e. The normalized spacial score (nSPS) is 14.0.